The van der Waals surface area contributed by atoms with E-state index in [1.165, 1.54) is 0 Å². The molecule has 1 amide bonds. The molecule has 2 aromatic rings. The van der Waals surface area contributed by atoms with Crippen LogP contribution in [0.1, 0.15) is 17.2 Å². The highest BCUT2D eigenvalue weighted by molar-refractivity contribution is 6.31. The normalized spacial score (nSPS) is 12.2. The lowest BCUT2D eigenvalue weighted by Gasteiger charge is -2.23. The Balaban J connectivity index is 2.12. The van der Waals surface area contributed by atoms with Gasteiger partial charge in [-0.1, -0.05) is 29.8 Å². The summed E-state index contributed by atoms with van der Waals surface area (Å²) in [5.41, 5.74) is 1.77. The summed E-state index contributed by atoms with van der Waals surface area (Å²) in [5, 5.41) is 7.81. The molecular formula is C15H19ClN4O. The lowest BCUT2D eigenvalue weighted by Crippen LogP contribution is -2.37. The van der Waals surface area contributed by atoms with Crippen LogP contribution in [0.5, 0.6) is 0 Å². The summed E-state index contributed by atoms with van der Waals surface area (Å²) in [4.78, 5) is 14.2. The second-order valence-corrected chi connectivity index (χ2v) is 5.36. The third-order valence-electron chi connectivity index (χ3n) is 3.34. The van der Waals surface area contributed by atoms with Crippen LogP contribution in [0.2, 0.25) is 5.02 Å². The van der Waals surface area contributed by atoms with Gasteiger partial charge in [-0.15, -0.1) is 0 Å². The second-order valence-electron chi connectivity index (χ2n) is 4.95. The van der Waals surface area contributed by atoms with Crippen LogP contribution < -0.4 is 5.32 Å². The molecule has 1 atom stereocenters. The molecule has 1 unspecified atom stereocenters. The molecule has 0 spiro atoms. The van der Waals surface area contributed by atoms with Gasteiger partial charge >= 0.3 is 0 Å². The van der Waals surface area contributed by atoms with Crippen LogP contribution >= 0.6 is 11.6 Å². The molecule has 2 rings (SSSR count). The first-order valence-electron chi connectivity index (χ1n) is 6.67. The van der Waals surface area contributed by atoms with E-state index in [0.29, 0.717) is 11.6 Å². The van der Waals surface area contributed by atoms with Crippen molar-refractivity contribution in [1.82, 2.24) is 20.0 Å². The molecule has 1 heterocycles. The van der Waals surface area contributed by atoms with Crippen molar-refractivity contribution in [3.63, 3.8) is 0 Å². The van der Waals surface area contributed by atoms with Crippen molar-refractivity contribution in [1.29, 1.82) is 0 Å². The van der Waals surface area contributed by atoms with Crippen molar-refractivity contribution in [2.45, 2.75) is 12.6 Å². The number of rotatable bonds is 5. The fourth-order valence-corrected chi connectivity index (χ4v) is 2.40. The van der Waals surface area contributed by atoms with Crippen molar-refractivity contribution >= 4 is 17.5 Å². The number of hydrogen-bond acceptors (Lipinski definition) is 3. The molecule has 21 heavy (non-hydrogen) atoms. The Bertz CT molecular complexity index is 626. The number of carbonyl (C=O) groups excluding carboxylic acids is 1. The zero-order chi connectivity index (χ0) is 15.4. The molecule has 0 fully saturated rings. The van der Waals surface area contributed by atoms with Crippen molar-refractivity contribution < 1.29 is 4.79 Å². The molecule has 0 aliphatic rings. The number of halogens is 1. The number of amides is 1. The molecule has 0 radical (unpaired) electrons. The lowest BCUT2D eigenvalue weighted by molar-refractivity contribution is -0.132. The van der Waals surface area contributed by atoms with E-state index >= 15 is 0 Å². The molecular weight excluding hydrogens is 288 g/mol. The van der Waals surface area contributed by atoms with Crippen LogP contribution in [0.15, 0.2) is 36.7 Å². The highest BCUT2D eigenvalue weighted by atomic mass is 35.5. The summed E-state index contributed by atoms with van der Waals surface area (Å²) >= 11 is 6.14. The number of likely N-dealkylation sites (N-methyl/N-ethyl adjacent to an activating group) is 2. The van der Waals surface area contributed by atoms with Crippen molar-refractivity contribution in [3.8, 4) is 0 Å². The van der Waals surface area contributed by atoms with Gasteiger partial charge in [0.1, 0.15) is 6.04 Å². The third kappa shape index (κ3) is 3.62. The summed E-state index contributed by atoms with van der Waals surface area (Å²) in [5.74, 6) is -0.0228. The Kier molecular flexibility index (Phi) is 4.98. The van der Waals surface area contributed by atoms with E-state index in [-0.39, 0.29) is 5.91 Å². The molecule has 0 bridgehead atoms. The van der Waals surface area contributed by atoms with Crippen LogP contribution in [0, 0.1) is 0 Å². The predicted molar refractivity (Wildman–Crippen MR) is 82.9 cm³/mol. The number of nitrogens with zero attached hydrogens (tertiary/aromatic N) is 3. The van der Waals surface area contributed by atoms with E-state index in [4.69, 9.17) is 11.6 Å². The minimum absolute atomic E-state index is 0.0228. The summed E-state index contributed by atoms with van der Waals surface area (Å²) < 4.78 is 1.68. The number of nitrogens with one attached hydrogen (secondary N) is 1. The number of hydrogen-bond donors (Lipinski definition) is 1. The highest BCUT2D eigenvalue weighted by Gasteiger charge is 2.23. The topological polar surface area (TPSA) is 50.2 Å². The second kappa shape index (κ2) is 6.74. The molecule has 6 heteroatoms. The molecule has 1 aromatic heterocycles. The van der Waals surface area contributed by atoms with Gasteiger partial charge in [-0.05, 0) is 18.7 Å². The van der Waals surface area contributed by atoms with Gasteiger partial charge in [0.2, 0.25) is 5.91 Å². The standard InChI is InChI=1S/C15H19ClN4O/c1-17-14(12-8-18-20(3)10-12)15(21)19(2)9-11-6-4-5-7-13(11)16/h4-8,10,14,17H,9H2,1-3H3. The van der Waals surface area contributed by atoms with Crippen molar-refractivity contribution in [3.05, 3.63) is 52.8 Å². The first kappa shape index (κ1) is 15.5. The summed E-state index contributed by atoms with van der Waals surface area (Å²) in [7, 11) is 5.36. The van der Waals surface area contributed by atoms with Gasteiger partial charge < -0.3 is 10.2 Å². The SMILES string of the molecule is CNC(C(=O)N(C)Cc1ccccc1Cl)c1cnn(C)c1. The zero-order valence-electron chi connectivity index (χ0n) is 12.4. The fourth-order valence-electron chi connectivity index (χ4n) is 2.20. The van der Waals surface area contributed by atoms with E-state index in [1.807, 2.05) is 37.5 Å². The molecule has 0 aliphatic carbocycles. The number of carbonyl (C=O) groups is 1. The van der Waals surface area contributed by atoms with Gasteiger partial charge in [-0.2, -0.15) is 5.10 Å². The maximum Gasteiger partial charge on any atom is 0.244 e. The van der Waals surface area contributed by atoms with Crippen LogP contribution in [-0.2, 0) is 18.4 Å². The predicted octanol–water partition coefficient (Wildman–Crippen LogP) is 1.99. The number of benzene rings is 1. The molecule has 1 aromatic carbocycles. The molecule has 5 nitrogen and oxygen atoms in total. The van der Waals surface area contributed by atoms with E-state index in [2.05, 4.69) is 10.4 Å². The Morgan fingerprint density at radius 2 is 2.19 bits per heavy atom. The molecule has 112 valence electrons. The Morgan fingerprint density at radius 3 is 2.76 bits per heavy atom. The molecule has 0 saturated heterocycles. The summed E-state index contributed by atoms with van der Waals surface area (Å²) in [6.45, 7) is 0.469. The molecule has 1 N–H and O–H groups in total. The van der Waals surface area contributed by atoms with Crippen molar-refractivity contribution in [2.75, 3.05) is 14.1 Å². The third-order valence-corrected chi connectivity index (χ3v) is 3.70. The van der Waals surface area contributed by atoms with Gasteiger partial charge in [-0.3, -0.25) is 9.48 Å². The maximum atomic E-state index is 12.6. The highest BCUT2D eigenvalue weighted by Crippen LogP contribution is 2.19. The zero-order valence-corrected chi connectivity index (χ0v) is 13.1. The minimum atomic E-state index is -0.411. The number of aromatic nitrogens is 2. The van der Waals surface area contributed by atoms with Gasteiger partial charge in [0.05, 0.1) is 6.20 Å². The molecule has 0 saturated carbocycles. The monoisotopic (exact) mass is 306 g/mol. The first-order valence-corrected chi connectivity index (χ1v) is 7.05. The first-order chi connectivity index (χ1) is 10.0. The van der Waals surface area contributed by atoms with E-state index in [0.717, 1.165) is 11.1 Å². The smallest absolute Gasteiger partial charge is 0.244 e. The summed E-state index contributed by atoms with van der Waals surface area (Å²) in [6.07, 6.45) is 3.53. The number of aryl methyl sites for hydroxylation is 1. The maximum absolute atomic E-state index is 12.6. The minimum Gasteiger partial charge on any atom is -0.340 e. The molecule has 0 aliphatic heterocycles. The Morgan fingerprint density at radius 1 is 1.48 bits per heavy atom. The van der Waals surface area contributed by atoms with Crippen LogP contribution in [-0.4, -0.2) is 34.7 Å². The quantitative estimate of drug-likeness (QED) is 0.919. The summed E-state index contributed by atoms with van der Waals surface area (Å²) in [6, 6.07) is 7.12. The average molecular weight is 307 g/mol. The van der Waals surface area contributed by atoms with Gasteiger partial charge in [0.25, 0.3) is 0 Å². The van der Waals surface area contributed by atoms with Gasteiger partial charge in [0, 0.05) is 37.4 Å². The van der Waals surface area contributed by atoms with Crippen LogP contribution in [0.25, 0.3) is 0 Å². The van der Waals surface area contributed by atoms with Crippen molar-refractivity contribution in [2.24, 2.45) is 7.05 Å². The lowest BCUT2D eigenvalue weighted by atomic mass is 10.1. The van der Waals surface area contributed by atoms with Crippen LogP contribution in [0.3, 0.4) is 0 Å². The van der Waals surface area contributed by atoms with Gasteiger partial charge in [-0.25, -0.2) is 0 Å². The Hall–Kier alpha value is -1.85. The average Bonchev–Trinajstić information content (AvgIpc) is 2.88. The van der Waals surface area contributed by atoms with E-state index < -0.39 is 6.04 Å². The van der Waals surface area contributed by atoms with Crippen LogP contribution in [0.4, 0.5) is 0 Å². The van der Waals surface area contributed by atoms with E-state index in [1.54, 1.807) is 29.9 Å². The Labute approximate surface area is 129 Å². The van der Waals surface area contributed by atoms with Gasteiger partial charge in [0.15, 0.2) is 0 Å². The largest absolute Gasteiger partial charge is 0.340 e. The fraction of sp³-hybridized carbons (Fsp3) is 0.333. The van der Waals surface area contributed by atoms with E-state index in [9.17, 15) is 4.79 Å².